The Morgan fingerprint density at radius 3 is 2.69 bits per heavy atom. The fourth-order valence-electron chi connectivity index (χ4n) is 2.65. The quantitative estimate of drug-likeness (QED) is 0.343. The molecule has 0 aliphatic rings. The van der Waals surface area contributed by atoms with Gasteiger partial charge in [-0.3, -0.25) is 4.79 Å². The van der Waals surface area contributed by atoms with Gasteiger partial charge in [0.2, 0.25) is 5.28 Å². The predicted molar refractivity (Wildman–Crippen MR) is 117 cm³/mol. The molecule has 0 saturated carbocycles. The van der Waals surface area contributed by atoms with Gasteiger partial charge in [-0.25, -0.2) is 9.97 Å². The molecule has 3 aromatic rings. The highest BCUT2D eigenvalue weighted by molar-refractivity contribution is 8.33. The van der Waals surface area contributed by atoms with E-state index in [2.05, 4.69) is 27.8 Å². The number of hydrogen-bond donors (Lipinski definition) is 0. The van der Waals surface area contributed by atoms with E-state index in [0.29, 0.717) is 0 Å². The van der Waals surface area contributed by atoms with Crippen LogP contribution in [0.1, 0.15) is 12.5 Å². The van der Waals surface area contributed by atoms with Crippen LogP contribution in [0.25, 0.3) is 22.2 Å². The molecule has 0 aliphatic carbocycles. The average molecular weight is 428 g/mol. The van der Waals surface area contributed by atoms with Crippen LogP contribution in [0, 0.1) is 0 Å². The van der Waals surface area contributed by atoms with Crippen molar-refractivity contribution in [2.75, 3.05) is 7.11 Å². The number of halogens is 1. The summed E-state index contributed by atoms with van der Waals surface area (Å²) in [4.78, 5) is 20.1. The zero-order valence-electron chi connectivity index (χ0n) is 14.6. The van der Waals surface area contributed by atoms with Crippen molar-refractivity contribution >= 4 is 54.3 Å². The first-order valence-corrected chi connectivity index (χ1v) is 12.9. The Hall–Kier alpha value is -1.11. The number of aromatic nitrogens is 3. The standard InChI is InChI=1S/C17H16ClN3O2.H5P3/c1-3-11-8-19-17(18)20-16(11)13-9-21(10-15(22)23-2)14-7-5-4-6-12(13)14;1-3-2/h4-9H,3,10H2,1-2H3;3H,1-2H2. The smallest absolute Gasteiger partial charge is 0.325 e. The number of para-hydroxylation sites is 1. The Labute approximate surface area is 164 Å². The highest BCUT2D eigenvalue weighted by Gasteiger charge is 2.16. The lowest BCUT2D eigenvalue weighted by atomic mass is 10.0. The lowest BCUT2D eigenvalue weighted by Crippen LogP contribution is -2.10. The van der Waals surface area contributed by atoms with Gasteiger partial charge in [-0.15, -0.1) is 17.9 Å². The van der Waals surface area contributed by atoms with Gasteiger partial charge in [0.15, 0.2) is 0 Å². The number of rotatable bonds is 4. The molecule has 0 bridgehead atoms. The van der Waals surface area contributed by atoms with Crippen LogP contribution in [-0.2, 0) is 22.5 Å². The van der Waals surface area contributed by atoms with Gasteiger partial charge in [-0.1, -0.05) is 33.1 Å². The minimum Gasteiger partial charge on any atom is -0.468 e. The minimum atomic E-state index is -0.297. The molecule has 0 saturated heterocycles. The van der Waals surface area contributed by atoms with Crippen LogP contribution >= 0.6 is 37.4 Å². The van der Waals surface area contributed by atoms with Gasteiger partial charge >= 0.3 is 5.97 Å². The number of carbonyl (C=O) groups is 1. The van der Waals surface area contributed by atoms with Gasteiger partial charge in [-0.05, 0) is 29.7 Å². The maximum absolute atomic E-state index is 11.7. The van der Waals surface area contributed by atoms with E-state index in [9.17, 15) is 4.79 Å². The van der Waals surface area contributed by atoms with E-state index in [1.54, 1.807) is 6.20 Å². The summed E-state index contributed by atoms with van der Waals surface area (Å²) in [7, 11) is 7.44. The molecular formula is C17H21ClN3O2P3. The monoisotopic (exact) mass is 427 g/mol. The highest BCUT2D eigenvalue weighted by atomic mass is 35.5. The van der Waals surface area contributed by atoms with Crippen LogP contribution in [0.5, 0.6) is 0 Å². The van der Waals surface area contributed by atoms with E-state index < -0.39 is 0 Å². The lowest BCUT2D eigenvalue weighted by molar-refractivity contribution is -0.141. The van der Waals surface area contributed by atoms with Crippen molar-refractivity contribution in [2.24, 2.45) is 0 Å². The Morgan fingerprint density at radius 1 is 1.35 bits per heavy atom. The van der Waals surface area contributed by atoms with Crippen molar-refractivity contribution in [1.29, 1.82) is 0 Å². The van der Waals surface area contributed by atoms with Gasteiger partial charge in [0.1, 0.15) is 6.54 Å². The number of ether oxygens (including phenoxy) is 1. The second-order valence-electron chi connectivity index (χ2n) is 5.30. The number of aryl methyl sites for hydroxylation is 1. The largest absolute Gasteiger partial charge is 0.468 e. The second kappa shape index (κ2) is 10.3. The van der Waals surface area contributed by atoms with E-state index in [0.717, 1.165) is 42.1 Å². The summed E-state index contributed by atoms with van der Waals surface area (Å²) in [6.45, 7) is 2.20. The number of nitrogens with zero attached hydrogens (tertiary/aromatic N) is 3. The van der Waals surface area contributed by atoms with E-state index in [1.165, 1.54) is 7.11 Å². The van der Waals surface area contributed by atoms with Crippen molar-refractivity contribution in [1.82, 2.24) is 14.5 Å². The molecule has 0 fully saturated rings. The first-order valence-electron chi connectivity index (χ1n) is 7.88. The molecular weight excluding hydrogens is 407 g/mol. The van der Waals surface area contributed by atoms with Gasteiger partial charge in [0.25, 0.3) is 0 Å². The van der Waals surface area contributed by atoms with Crippen LogP contribution in [-0.4, -0.2) is 27.6 Å². The maximum Gasteiger partial charge on any atom is 0.325 e. The molecule has 138 valence electrons. The minimum absolute atomic E-state index is 0.150. The van der Waals surface area contributed by atoms with Crippen molar-refractivity contribution in [2.45, 2.75) is 19.9 Å². The Morgan fingerprint density at radius 2 is 2.04 bits per heavy atom. The normalized spacial score (nSPS) is 10.3. The molecule has 0 aliphatic heterocycles. The van der Waals surface area contributed by atoms with Gasteiger partial charge in [0.05, 0.1) is 12.8 Å². The molecule has 2 unspecified atom stereocenters. The summed E-state index contributed by atoms with van der Waals surface area (Å²) >= 11 is 5.99. The van der Waals surface area contributed by atoms with Crippen molar-refractivity contribution in [3.8, 4) is 11.3 Å². The number of methoxy groups -OCH3 is 1. The highest BCUT2D eigenvalue weighted by Crippen LogP contribution is 2.32. The average Bonchev–Trinajstić information content (AvgIpc) is 3.01. The fourth-order valence-corrected chi connectivity index (χ4v) is 2.78. The summed E-state index contributed by atoms with van der Waals surface area (Å²) in [6.07, 6.45) is 4.46. The molecule has 2 heterocycles. The lowest BCUT2D eigenvalue weighted by Gasteiger charge is -2.05. The third kappa shape index (κ3) is 4.99. The van der Waals surface area contributed by atoms with E-state index in [4.69, 9.17) is 16.3 Å². The molecule has 26 heavy (non-hydrogen) atoms. The second-order valence-corrected chi connectivity index (χ2v) is 9.97. The third-order valence-electron chi connectivity index (χ3n) is 3.79. The molecule has 0 amide bonds. The number of fused-ring (bicyclic) bond motifs is 1. The van der Waals surface area contributed by atoms with Gasteiger partial charge in [-0.2, -0.15) is 0 Å². The maximum atomic E-state index is 11.7. The van der Waals surface area contributed by atoms with Crippen molar-refractivity contribution in [3.05, 3.63) is 47.5 Å². The zero-order valence-corrected chi connectivity index (χ0v) is 18.6. The molecule has 2 atom stereocenters. The van der Waals surface area contributed by atoms with Crippen LogP contribution < -0.4 is 0 Å². The van der Waals surface area contributed by atoms with E-state index in [1.807, 2.05) is 42.0 Å². The molecule has 0 N–H and O–H groups in total. The van der Waals surface area contributed by atoms with E-state index >= 15 is 0 Å². The molecule has 2 aromatic heterocycles. The van der Waals surface area contributed by atoms with Crippen LogP contribution in [0.4, 0.5) is 0 Å². The third-order valence-corrected chi connectivity index (χ3v) is 3.97. The fraction of sp³-hybridized carbons (Fsp3) is 0.235. The Bertz CT molecular complexity index is 902. The Kier molecular flexibility index (Phi) is 8.38. The molecule has 0 radical (unpaired) electrons. The Balaban J connectivity index is 0.000000758. The molecule has 3 rings (SSSR count). The first-order chi connectivity index (χ1) is 12.5. The summed E-state index contributed by atoms with van der Waals surface area (Å²) in [5.41, 5.74) is 3.69. The SMILES string of the molecule is CCc1cnc(Cl)nc1-c1cn(CC(=O)OC)c2ccccc12.PPP. The van der Waals surface area contributed by atoms with Gasteiger partial charge in [0, 0.05) is 28.9 Å². The first kappa shape index (κ1) is 21.2. The summed E-state index contributed by atoms with van der Waals surface area (Å²) in [5, 5.41) is 1.22. The predicted octanol–water partition coefficient (Wildman–Crippen LogP) is 4.73. The number of esters is 1. The zero-order chi connectivity index (χ0) is 19.1. The molecule has 5 nitrogen and oxygen atoms in total. The number of hydrogen-bond acceptors (Lipinski definition) is 4. The van der Waals surface area contributed by atoms with Crippen LogP contribution in [0.3, 0.4) is 0 Å². The molecule has 0 spiro atoms. The summed E-state index contributed by atoms with van der Waals surface area (Å²) in [6, 6.07) is 7.88. The van der Waals surface area contributed by atoms with Crippen LogP contribution in [0.2, 0.25) is 5.28 Å². The van der Waals surface area contributed by atoms with Gasteiger partial charge < -0.3 is 9.30 Å². The van der Waals surface area contributed by atoms with Crippen molar-refractivity contribution < 1.29 is 9.53 Å². The summed E-state index contributed by atoms with van der Waals surface area (Å²) in [5.74, 6) is -0.297. The number of benzene rings is 1. The number of carbonyl (C=O) groups excluding carboxylic acids is 1. The molecule has 9 heteroatoms. The van der Waals surface area contributed by atoms with E-state index in [-0.39, 0.29) is 17.8 Å². The van der Waals surface area contributed by atoms with Crippen LogP contribution in [0.15, 0.2) is 36.7 Å². The van der Waals surface area contributed by atoms with Crippen molar-refractivity contribution in [3.63, 3.8) is 0 Å². The summed E-state index contributed by atoms with van der Waals surface area (Å²) < 4.78 is 6.64. The topological polar surface area (TPSA) is 57.0 Å². The molecule has 1 aromatic carbocycles.